The van der Waals surface area contributed by atoms with E-state index in [1.807, 2.05) is 36.9 Å². The molecule has 8 heteroatoms. The van der Waals surface area contributed by atoms with Crippen molar-refractivity contribution in [1.82, 2.24) is 10.2 Å². The average Bonchev–Trinajstić information content (AvgIpc) is 3.25. The fourth-order valence-corrected chi connectivity index (χ4v) is 4.16. The van der Waals surface area contributed by atoms with Crippen molar-refractivity contribution in [3.05, 3.63) is 29.8 Å². The van der Waals surface area contributed by atoms with Crippen molar-refractivity contribution in [2.45, 2.75) is 31.0 Å². The summed E-state index contributed by atoms with van der Waals surface area (Å²) in [5, 5.41) is 11.3. The van der Waals surface area contributed by atoms with Crippen molar-refractivity contribution >= 4 is 45.7 Å². The molecule has 6 nitrogen and oxygen atoms in total. The van der Waals surface area contributed by atoms with Gasteiger partial charge in [-0.1, -0.05) is 55.1 Å². The largest absolute Gasteiger partial charge is 0.311 e. The third-order valence-corrected chi connectivity index (χ3v) is 6.16. The van der Waals surface area contributed by atoms with E-state index >= 15 is 0 Å². The first-order chi connectivity index (χ1) is 12.1. The van der Waals surface area contributed by atoms with Crippen LogP contribution in [-0.2, 0) is 16.0 Å². The fourth-order valence-electron chi connectivity index (χ4n) is 2.53. The van der Waals surface area contributed by atoms with Crippen LogP contribution in [0.5, 0.6) is 0 Å². The van der Waals surface area contributed by atoms with Gasteiger partial charge in [-0.3, -0.25) is 9.59 Å². The van der Waals surface area contributed by atoms with Gasteiger partial charge >= 0.3 is 0 Å². The molecule has 2 amide bonds. The molecule has 0 saturated heterocycles. The van der Waals surface area contributed by atoms with Gasteiger partial charge in [0.2, 0.25) is 16.9 Å². The number of fused-ring (bicyclic) bond motifs is 1. The Kier molecular flexibility index (Phi) is 5.70. The van der Waals surface area contributed by atoms with Crippen LogP contribution in [0.15, 0.2) is 28.6 Å². The standard InChI is InChI=1S/C17H20N4O2S2/c1-3-11(2)15(23)18-16-19-20-17(25-16)24-10-14(22)21-9-8-12-6-4-5-7-13(12)21/h4-7,11H,3,8-10H2,1-2H3,(H,18,19,23). The minimum atomic E-state index is -0.0585. The number of nitrogens with zero attached hydrogens (tertiary/aromatic N) is 3. The van der Waals surface area contributed by atoms with E-state index in [0.29, 0.717) is 15.2 Å². The molecule has 1 aromatic carbocycles. The van der Waals surface area contributed by atoms with Crippen LogP contribution in [0.2, 0.25) is 0 Å². The normalized spacial score (nSPS) is 14.2. The highest BCUT2D eigenvalue weighted by atomic mass is 32.2. The Bertz CT molecular complexity index is 778. The number of carbonyl (C=O) groups is 2. The molecule has 2 aromatic rings. The van der Waals surface area contributed by atoms with Crippen molar-refractivity contribution in [2.24, 2.45) is 5.92 Å². The first kappa shape index (κ1) is 17.9. The maximum Gasteiger partial charge on any atom is 0.237 e. The van der Waals surface area contributed by atoms with Gasteiger partial charge in [-0.25, -0.2) is 0 Å². The molecule has 0 fully saturated rings. The molecule has 2 heterocycles. The Morgan fingerprint density at radius 3 is 2.96 bits per heavy atom. The maximum absolute atomic E-state index is 12.5. The summed E-state index contributed by atoms with van der Waals surface area (Å²) in [6.07, 6.45) is 1.68. The Morgan fingerprint density at radius 2 is 2.16 bits per heavy atom. The van der Waals surface area contributed by atoms with Crippen LogP contribution in [0.25, 0.3) is 0 Å². The van der Waals surface area contributed by atoms with E-state index in [1.54, 1.807) is 0 Å². The second-order valence-electron chi connectivity index (χ2n) is 5.88. The third-order valence-electron chi connectivity index (χ3n) is 4.20. The van der Waals surface area contributed by atoms with Gasteiger partial charge in [-0.15, -0.1) is 10.2 Å². The van der Waals surface area contributed by atoms with Gasteiger partial charge in [0, 0.05) is 18.2 Å². The molecule has 1 unspecified atom stereocenters. The number of hydrogen-bond acceptors (Lipinski definition) is 6. The molecule has 0 radical (unpaired) electrons. The van der Waals surface area contributed by atoms with Crippen molar-refractivity contribution in [1.29, 1.82) is 0 Å². The lowest BCUT2D eigenvalue weighted by atomic mass is 10.1. The van der Waals surface area contributed by atoms with Crippen LogP contribution in [0.1, 0.15) is 25.8 Å². The van der Waals surface area contributed by atoms with Gasteiger partial charge in [-0.05, 0) is 24.5 Å². The third kappa shape index (κ3) is 4.19. The van der Waals surface area contributed by atoms with Gasteiger partial charge in [0.25, 0.3) is 0 Å². The van der Waals surface area contributed by atoms with Crippen LogP contribution in [0.4, 0.5) is 10.8 Å². The molecule has 1 aromatic heterocycles. The number of rotatable bonds is 6. The zero-order chi connectivity index (χ0) is 17.8. The minimum absolute atomic E-state index is 0.0556. The smallest absolute Gasteiger partial charge is 0.237 e. The summed E-state index contributed by atoms with van der Waals surface area (Å²) >= 11 is 2.65. The first-order valence-electron chi connectivity index (χ1n) is 8.24. The summed E-state index contributed by atoms with van der Waals surface area (Å²) in [4.78, 5) is 26.2. The molecule has 1 N–H and O–H groups in total. The number of aromatic nitrogens is 2. The highest BCUT2D eigenvalue weighted by molar-refractivity contribution is 8.01. The molecular formula is C17H20N4O2S2. The molecule has 0 spiro atoms. The van der Waals surface area contributed by atoms with Crippen molar-refractivity contribution < 1.29 is 9.59 Å². The number of amides is 2. The summed E-state index contributed by atoms with van der Waals surface area (Å²) in [5.41, 5.74) is 2.22. The predicted molar refractivity (Wildman–Crippen MR) is 101 cm³/mol. The Morgan fingerprint density at radius 1 is 1.36 bits per heavy atom. The minimum Gasteiger partial charge on any atom is -0.311 e. The molecular weight excluding hydrogens is 356 g/mol. The van der Waals surface area contributed by atoms with Gasteiger partial charge in [0.1, 0.15) is 0 Å². The number of hydrogen-bond donors (Lipinski definition) is 1. The Labute approximate surface area is 155 Å². The number of carbonyl (C=O) groups excluding carboxylic acids is 2. The van der Waals surface area contributed by atoms with Gasteiger partial charge in [0.15, 0.2) is 4.34 Å². The van der Waals surface area contributed by atoms with Crippen molar-refractivity contribution in [2.75, 3.05) is 22.5 Å². The van der Waals surface area contributed by atoms with Crippen LogP contribution in [-0.4, -0.2) is 34.3 Å². The molecule has 1 aliphatic rings. The molecule has 3 rings (SSSR count). The molecule has 1 aliphatic heterocycles. The van der Waals surface area contributed by atoms with E-state index in [-0.39, 0.29) is 17.7 Å². The lowest BCUT2D eigenvalue weighted by Gasteiger charge is -2.16. The van der Waals surface area contributed by atoms with E-state index < -0.39 is 0 Å². The molecule has 25 heavy (non-hydrogen) atoms. The number of thioether (sulfide) groups is 1. The Hall–Kier alpha value is -1.93. The topological polar surface area (TPSA) is 75.2 Å². The maximum atomic E-state index is 12.5. The number of para-hydroxylation sites is 1. The predicted octanol–water partition coefficient (Wildman–Crippen LogP) is 3.20. The van der Waals surface area contributed by atoms with Gasteiger partial charge in [0.05, 0.1) is 5.75 Å². The molecule has 0 saturated carbocycles. The highest BCUT2D eigenvalue weighted by Gasteiger charge is 2.24. The summed E-state index contributed by atoms with van der Waals surface area (Å²) < 4.78 is 0.681. The highest BCUT2D eigenvalue weighted by Crippen LogP contribution is 2.30. The summed E-state index contributed by atoms with van der Waals surface area (Å²) in [6.45, 7) is 4.57. The number of benzene rings is 1. The SMILES string of the molecule is CCC(C)C(=O)Nc1nnc(SCC(=O)N2CCc3ccccc32)s1. The van der Waals surface area contributed by atoms with E-state index in [4.69, 9.17) is 0 Å². The van der Waals surface area contributed by atoms with Gasteiger partial charge in [-0.2, -0.15) is 0 Å². The second-order valence-corrected chi connectivity index (χ2v) is 8.08. The zero-order valence-electron chi connectivity index (χ0n) is 14.2. The van der Waals surface area contributed by atoms with E-state index in [0.717, 1.165) is 25.1 Å². The van der Waals surface area contributed by atoms with E-state index in [9.17, 15) is 9.59 Å². The monoisotopic (exact) mass is 376 g/mol. The number of anilines is 2. The van der Waals surface area contributed by atoms with E-state index in [1.165, 1.54) is 28.7 Å². The van der Waals surface area contributed by atoms with Gasteiger partial charge < -0.3 is 10.2 Å². The van der Waals surface area contributed by atoms with Crippen LogP contribution in [0.3, 0.4) is 0 Å². The summed E-state index contributed by atoms with van der Waals surface area (Å²) in [7, 11) is 0. The quantitative estimate of drug-likeness (QED) is 0.619. The molecule has 1 atom stereocenters. The fraction of sp³-hybridized carbons (Fsp3) is 0.412. The summed E-state index contributed by atoms with van der Waals surface area (Å²) in [6, 6.07) is 8.00. The molecule has 0 bridgehead atoms. The van der Waals surface area contributed by atoms with Crippen LogP contribution in [0, 0.1) is 5.92 Å². The summed E-state index contributed by atoms with van der Waals surface area (Å²) in [5.74, 6) is 0.259. The van der Waals surface area contributed by atoms with Crippen LogP contribution >= 0.6 is 23.1 Å². The van der Waals surface area contributed by atoms with Crippen molar-refractivity contribution in [3.8, 4) is 0 Å². The second kappa shape index (κ2) is 7.97. The average molecular weight is 377 g/mol. The van der Waals surface area contributed by atoms with E-state index in [2.05, 4.69) is 21.6 Å². The lowest BCUT2D eigenvalue weighted by Crippen LogP contribution is -2.30. The Balaban J connectivity index is 1.54. The van der Waals surface area contributed by atoms with Crippen LogP contribution < -0.4 is 10.2 Å². The number of nitrogens with one attached hydrogen (secondary N) is 1. The van der Waals surface area contributed by atoms with Crippen molar-refractivity contribution in [3.63, 3.8) is 0 Å². The molecule has 0 aliphatic carbocycles. The molecule has 132 valence electrons. The lowest BCUT2D eigenvalue weighted by molar-refractivity contribution is -0.119. The first-order valence-corrected chi connectivity index (χ1v) is 10.0. The zero-order valence-corrected chi connectivity index (χ0v) is 15.8.